The van der Waals surface area contributed by atoms with E-state index < -0.39 is 6.10 Å². The quantitative estimate of drug-likeness (QED) is 0.0261. The first kappa shape index (κ1) is 72.1. The van der Waals surface area contributed by atoms with E-state index in [2.05, 4.69) is 130 Å². The van der Waals surface area contributed by atoms with Crippen LogP contribution in [0.4, 0.5) is 0 Å². The van der Waals surface area contributed by atoms with E-state index in [1.54, 1.807) is 0 Å². The molecule has 6 nitrogen and oxygen atoms in total. The first-order valence-electron chi connectivity index (χ1n) is 31.9. The number of hydrogen-bond donors (Lipinski definition) is 0. The highest BCUT2D eigenvalue weighted by molar-refractivity contribution is 5.71. The van der Waals surface area contributed by atoms with Crippen molar-refractivity contribution in [3.05, 3.63) is 109 Å². The second-order valence-corrected chi connectivity index (χ2v) is 20.9. The summed E-state index contributed by atoms with van der Waals surface area (Å²) in [6, 6.07) is 0. The molecular formula is C70H118O6. The molecule has 0 aliphatic carbocycles. The third-order valence-corrected chi connectivity index (χ3v) is 13.5. The molecule has 0 heterocycles. The van der Waals surface area contributed by atoms with Crippen LogP contribution in [-0.4, -0.2) is 37.2 Å². The fourth-order valence-electron chi connectivity index (χ4n) is 8.75. The first-order chi connectivity index (χ1) is 37.5. The van der Waals surface area contributed by atoms with Crippen LogP contribution in [0.25, 0.3) is 0 Å². The van der Waals surface area contributed by atoms with Gasteiger partial charge >= 0.3 is 17.9 Å². The van der Waals surface area contributed by atoms with E-state index in [4.69, 9.17) is 14.2 Å². The Morgan fingerprint density at radius 3 is 0.803 bits per heavy atom. The summed E-state index contributed by atoms with van der Waals surface area (Å²) in [7, 11) is 0. The van der Waals surface area contributed by atoms with E-state index in [1.165, 1.54) is 135 Å². The van der Waals surface area contributed by atoms with Gasteiger partial charge in [-0.2, -0.15) is 0 Å². The number of rotatable bonds is 57. The van der Waals surface area contributed by atoms with E-state index in [1.807, 2.05) is 0 Å². The van der Waals surface area contributed by atoms with Crippen LogP contribution in [0.1, 0.15) is 297 Å². The molecule has 0 aromatic rings. The Bertz CT molecular complexity index is 1540. The zero-order valence-electron chi connectivity index (χ0n) is 49.7. The number of hydrogen-bond acceptors (Lipinski definition) is 6. The third-order valence-electron chi connectivity index (χ3n) is 13.5. The highest BCUT2D eigenvalue weighted by atomic mass is 16.6. The van der Waals surface area contributed by atoms with E-state index in [-0.39, 0.29) is 31.1 Å². The number of carbonyl (C=O) groups is 3. The van der Waals surface area contributed by atoms with Crippen LogP contribution >= 0.6 is 0 Å². The van der Waals surface area contributed by atoms with Gasteiger partial charge in [-0.3, -0.25) is 14.4 Å². The van der Waals surface area contributed by atoms with Gasteiger partial charge in [0.05, 0.1) is 0 Å². The minimum atomic E-state index is -0.784. The summed E-state index contributed by atoms with van der Waals surface area (Å²) < 4.78 is 16.8. The summed E-state index contributed by atoms with van der Waals surface area (Å²) >= 11 is 0. The summed E-state index contributed by atoms with van der Waals surface area (Å²) in [5.74, 6) is -0.902. The molecule has 0 N–H and O–H groups in total. The highest BCUT2D eigenvalue weighted by Gasteiger charge is 2.19. The van der Waals surface area contributed by atoms with Gasteiger partial charge in [0.25, 0.3) is 0 Å². The molecule has 0 aliphatic rings. The maximum Gasteiger partial charge on any atom is 0.306 e. The maximum absolute atomic E-state index is 12.8. The Balaban J connectivity index is 4.11. The Morgan fingerprint density at radius 1 is 0.276 bits per heavy atom. The second kappa shape index (κ2) is 63.6. The van der Waals surface area contributed by atoms with Gasteiger partial charge in [-0.05, 0) is 109 Å². The average Bonchev–Trinajstić information content (AvgIpc) is 3.42. The molecule has 0 radical (unpaired) electrons. The molecule has 0 saturated heterocycles. The summed E-state index contributed by atoms with van der Waals surface area (Å²) in [5, 5.41) is 0. The van der Waals surface area contributed by atoms with Crippen molar-refractivity contribution in [1.29, 1.82) is 0 Å². The van der Waals surface area contributed by atoms with Gasteiger partial charge in [0.2, 0.25) is 0 Å². The van der Waals surface area contributed by atoms with Gasteiger partial charge in [-0.25, -0.2) is 0 Å². The van der Waals surface area contributed by atoms with Crippen LogP contribution in [0.3, 0.4) is 0 Å². The van der Waals surface area contributed by atoms with Gasteiger partial charge in [0.15, 0.2) is 6.10 Å². The van der Waals surface area contributed by atoms with Crippen molar-refractivity contribution in [3.63, 3.8) is 0 Å². The average molecular weight is 1060 g/mol. The lowest BCUT2D eigenvalue weighted by atomic mass is 10.0. The molecule has 0 aromatic heterocycles. The fraction of sp³-hybridized carbons (Fsp3) is 0.700. The molecule has 0 saturated carbocycles. The number of esters is 3. The molecule has 0 aliphatic heterocycles. The van der Waals surface area contributed by atoms with E-state index in [0.717, 1.165) is 122 Å². The second-order valence-electron chi connectivity index (χ2n) is 20.9. The normalized spacial score (nSPS) is 12.8. The highest BCUT2D eigenvalue weighted by Crippen LogP contribution is 2.16. The molecule has 1 atom stereocenters. The predicted molar refractivity (Wildman–Crippen MR) is 330 cm³/mol. The summed E-state index contributed by atoms with van der Waals surface area (Å²) in [6.45, 7) is 6.46. The number of carbonyl (C=O) groups excluding carboxylic acids is 3. The smallest absolute Gasteiger partial charge is 0.306 e. The Kier molecular flexibility index (Phi) is 60.3. The SMILES string of the molecule is CC/C=C\C/C=C\C/C=C\C/C=C\C/C=C\C/C=C\CCCCCCCCCCCCCCC(=O)OCC(COC(=O)CCCCCCCC)OC(=O)CCCCCCCC/C=C\C/C=C\C/C=C\CCCCCCC. The van der Waals surface area contributed by atoms with Crippen LogP contribution in [-0.2, 0) is 28.6 Å². The minimum absolute atomic E-state index is 0.0832. The van der Waals surface area contributed by atoms with E-state index in [0.29, 0.717) is 19.3 Å². The van der Waals surface area contributed by atoms with Gasteiger partial charge < -0.3 is 14.2 Å². The summed E-state index contributed by atoms with van der Waals surface area (Å²) in [5.41, 5.74) is 0. The molecule has 76 heavy (non-hydrogen) atoms. The van der Waals surface area contributed by atoms with Gasteiger partial charge in [0, 0.05) is 19.3 Å². The lowest BCUT2D eigenvalue weighted by molar-refractivity contribution is -0.167. The molecule has 6 heteroatoms. The fourth-order valence-corrected chi connectivity index (χ4v) is 8.75. The van der Waals surface area contributed by atoms with Crippen molar-refractivity contribution in [3.8, 4) is 0 Å². The number of allylic oxidation sites excluding steroid dienone is 18. The zero-order chi connectivity index (χ0) is 55.0. The standard InChI is InChI=1S/C70H118O6/c1-4-7-10-13-16-18-20-22-24-26-28-30-31-32-33-34-35-36-37-38-39-41-42-44-46-48-50-52-54-57-60-63-69(72)75-66-67(65-74-68(71)62-59-56-15-12-9-6-3)76-70(73)64-61-58-55-53-51-49-47-45-43-40-29-27-25-23-21-19-17-14-11-8-5-2/h7,10,16,18,21-24,27-30,32-33,35-36,43,45,67H,4-6,8-9,11-15,17,19-20,25-26,31,34,37-42,44,46-66H2,1-3H3/b10-7-,18-16-,23-21-,24-22-,29-27-,30-28-,33-32-,36-35-,45-43-. The zero-order valence-corrected chi connectivity index (χ0v) is 49.7. The maximum atomic E-state index is 12.8. The minimum Gasteiger partial charge on any atom is -0.462 e. The predicted octanol–water partition coefficient (Wildman–Crippen LogP) is 21.8. The van der Waals surface area contributed by atoms with Gasteiger partial charge in [-0.15, -0.1) is 0 Å². The van der Waals surface area contributed by atoms with Crippen molar-refractivity contribution in [2.75, 3.05) is 13.2 Å². The Morgan fingerprint density at radius 2 is 0.513 bits per heavy atom. The third kappa shape index (κ3) is 60.9. The van der Waals surface area contributed by atoms with Crippen molar-refractivity contribution >= 4 is 17.9 Å². The van der Waals surface area contributed by atoms with Crippen LogP contribution in [0, 0.1) is 0 Å². The number of ether oxygens (including phenoxy) is 3. The molecule has 1 unspecified atom stereocenters. The molecule has 0 spiro atoms. The summed E-state index contributed by atoms with van der Waals surface area (Å²) in [4.78, 5) is 38.0. The van der Waals surface area contributed by atoms with Gasteiger partial charge in [0.1, 0.15) is 13.2 Å². The first-order valence-corrected chi connectivity index (χ1v) is 31.9. The molecule has 0 rings (SSSR count). The molecule has 0 aromatic carbocycles. The molecule has 434 valence electrons. The molecular weight excluding hydrogens is 937 g/mol. The Labute approximate surface area is 470 Å². The van der Waals surface area contributed by atoms with Crippen LogP contribution in [0.2, 0.25) is 0 Å². The van der Waals surface area contributed by atoms with Crippen molar-refractivity contribution in [2.24, 2.45) is 0 Å². The summed E-state index contributed by atoms with van der Waals surface area (Å²) in [6.07, 6.45) is 87.0. The van der Waals surface area contributed by atoms with Crippen molar-refractivity contribution in [1.82, 2.24) is 0 Å². The van der Waals surface area contributed by atoms with Crippen molar-refractivity contribution in [2.45, 2.75) is 303 Å². The largest absolute Gasteiger partial charge is 0.462 e. The number of unbranched alkanes of at least 4 members (excludes halogenated alkanes) is 28. The lowest BCUT2D eigenvalue weighted by Gasteiger charge is -2.18. The molecule has 0 bridgehead atoms. The van der Waals surface area contributed by atoms with Crippen molar-refractivity contribution < 1.29 is 28.6 Å². The van der Waals surface area contributed by atoms with Crippen LogP contribution in [0.15, 0.2) is 109 Å². The van der Waals surface area contributed by atoms with Crippen LogP contribution < -0.4 is 0 Å². The van der Waals surface area contributed by atoms with E-state index in [9.17, 15) is 14.4 Å². The Hall–Kier alpha value is -3.93. The van der Waals surface area contributed by atoms with E-state index >= 15 is 0 Å². The van der Waals surface area contributed by atoms with Gasteiger partial charge in [-0.1, -0.05) is 278 Å². The lowest BCUT2D eigenvalue weighted by Crippen LogP contribution is -2.30. The molecule has 0 amide bonds. The van der Waals surface area contributed by atoms with Crippen LogP contribution in [0.5, 0.6) is 0 Å². The monoisotopic (exact) mass is 1050 g/mol. The topological polar surface area (TPSA) is 78.9 Å². The molecule has 0 fully saturated rings.